The maximum absolute atomic E-state index is 5.50. The fraction of sp³-hybridized carbons (Fsp3) is 0.208. The second-order valence-electron chi connectivity index (χ2n) is 6.86. The maximum atomic E-state index is 5.50. The molecular formula is C24H26N2S. The Labute approximate surface area is 167 Å². The van der Waals surface area contributed by atoms with Gasteiger partial charge >= 0.3 is 0 Å². The van der Waals surface area contributed by atoms with Crippen LogP contribution >= 0.6 is 12.2 Å². The smallest absolute Gasteiger partial charge is 0.170 e. The molecule has 0 heterocycles. The van der Waals surface area contributed by atoms with Crippen molar-refractivity contribution in [2.24, 2.45) is 0 Å². The standard InChI is InChI=1S/C24H26N2S/c1-18-13-14-19(2)23(17-18)26-24(27)25-16-15-22(20-9-5-3-6-10-20)21-11-7-4-8-12-21/h3-14,17,22H,15-16H2,1-2H3,(H2,25,26,27). The molecule has 0 saturated carbocycles. The molecule has 0 aromatic heterocycles. The Morgan fingerprint density at radius 2 is 1.44 bits per heavy atom. The summed E-state index contributed by atoms with van der Waals surface area (Å²) in [6.45, 7) is 4.99. The second-order valence-corrected chi connectivity index (χ2v) is 7.27. The van der Waals surface area contributed by atoms with Crippen LogP contribution in [0.4, 0.5) is 5.69 Å². The average molecular weight is 375 g/mol. The van der Waals surface area contributed by atoms with Gasteiger partial charge in [0.25, 0.3) is 0 Å². The Morgan fingerprint density at radius 3 is 2.04 bits per heavy atom. The Balaban J connectivity index is 1.62. The van der Waals surface area contributed by atoms with Gasteiger partial charge in [-0.3, -0.25) is 0 Å². The zero-order valence-electron chi connectivity index (χ0n) is 15.9. The molecule has 3 rings (SSSR count). The lowest BCUT2D eigenvalue weighted by Gasteiger charge is -2.19. The third kappa shape index (κ3) is 5.41. The molecule has 0 saturated heterocycles. The summed E-state index contributed by atoms with van der Waals surface area (Å²) < 4.78 is 0. The Hall–Kier alpha value is -2.65. The normalized spacial score (nSPS) is 10.6. The van der Waals surface area contributed by atoms with Crippen molar-refractivity contribution in [1.82, 2.24) is 5.32 Å². The van der Waals surface area contributed by atoms with Crippen molar-refractivity contribution >= 4 is 23.0 Å². The van der Waals surface area contributed by atoms with Crippen LogP contribution in [0.3, 0.4) is 0 Å². The van der Waals surface area contributed by atoms with Crippen LogP contribution in [0, 0.1) is 13.8 Å². The van der Waals surface area contributed by atoms with Gasteiger partial charge < -0.3 is 10.6 Å². The number of anilines is 1. The summed E-state index contributed by atoms with van der Waals surface area (Å²) >= 11 is 5.50. The van der Waals surface area contributed by atoms with Crippen molar-refractivity contribution in [3.05, 3.63) is 101 Å². The van der Waals surface area contributed by atoms with E-state index >= 15 is 0 Å². The first-order valence-corrected chi connectivity index (χ1v) is 9.76. The third-order valence-corrected chi connectivity index (χ3v) is 5.01. The van der Waals surface area contributed by atoms with Gasteiger partial charge in [0.05, 0.1) is 0 Å². The zero-order valence-corrected chi connectivity index (χ0v) is 16.7. The predicted molar refractivity (Wildman–Crippen MR) is 119 cm³/mol. The van der Waals surface area contributed by atoms with E-state index in [4.69, 9.17) is 12.2 Å². The van der Waals surface area contributed by atoms with E-state index in [1.807, 2.05) is 0 Å². The first-order chi connectivity index (χ1) is 13.1. The van der Waals surface area contributed by atoms with Crippen LogP contribution < -0.4 is 10.6 Å². The minimum absolute atomic E-state index is 0.350. The molecule has 2 nitrogen and oxygen atoms in total. The molecule has 2 N–H and O–H groups in total. The van der Waals surface area contributed by atoms with Gasteiger partial charge in [-0.2, -0.15) is 0 Å². The molecule has 0 aliphatic carbocycles. The number of benzene rings is 3. The Bertz CT molecular complexity index is 836. The van der Waals surface area contributed by atoms with E-state index in [2.05, 4.69) is 103 Å². The van der Waals surface area contributed by atoms with Crippen molar-refractivity contribution in [2.45, 2.75) is 26.2 Å². The highest BCUT2D eigenvalue weighted by atomic mass is 32.1. The largest absolute Gasteiger partial charge is 0.362 e. The van der Waals surface area contributed by atoms with Gasteiger partial charge in [0.2, 0.25) is 0 Å². The summed E-state index contributed by atoms with van der Waals surface area (Å²) in [5, 5.41) is 7.36. The van der Waals surface area contributed by atoms with E-state index < -0.39 is 0 Å². The first-order valence-electron chi connectivity index (χ1n) is 9.35. The highest BCUT2D eigenvalue weighted by Gasteiger charge is 2.13. The molecule has 0 bridgehead atoms. The molecule has 0 amide bonds. The summed E-state index contributed by atoms with van der Waals surface area (Å²) in [5.41, 5.74) is 6.14. The summed E-state index contributed by atoms with van der Waals surface area (Å²) in [6.07, 6.45) is 0.975. The molecule has 0 unspecified atom stereocenters. The summed E-state index contributed by atoms with van der Waals surface area (Å²) in [6, 6.07) is 27.7. The van der Waals surface area contributed by atoms with E-state index in [0.717, 1.165) is 18.7 Å². The van der Waals surface area contributed by atoms with Crippen molar-refractivity contribution in [3.63, 3.8) is 0 Å². The molecule has 0 spiro atoms. The molecule has 3 aromatic carbocycles. The van der Waals surface area contributed by atoms with Gasteiger partial charge in [0, 0.05) is 18.2 Å². The van der Waals surface area contributed by atoms with Crippen LogP contribution in [0.2, 0.25) is 0 Å². The molecule has 0 aliphatic rings. The van der Waals surface area contributed by atoms with Gasteiger partial charge in [0.15, 0.2) is 5.11 Å². The number of thiocarbonyl (C=S) groups is 1. The Morgan fingerprint density at radius 1 is 0.852 bits per heavy atom. The molecule has 3 heteroatoms. The van der Waals surface area contributed by atoms with Crippen LogP contribution in [0.25, 0.3) is 0 Å². The molecule has 0 atom stereocenters. The first kappa shape index (κ1) is 19.1. The van der Waals surface area contributed by atoms with Crippen LogP contribution in [0.5, 0.6) is 0 Å². The molecule has 0 fully saturated rings. The number of aryl methyl sites for hydroxylation is 2. The third-order valence-electron chi connectivity index (χ3n) is 4.76. The van der Waals surface area contributed by atoms with Gasteiger partial charge in [-0.15, -0.1) is 0 Å². The van der Waals surface area contributed by atoms with Crippen LogP contribution in [-0.2, 0) is 0 Å². The average Bonchev–Trinajstić information content (AvgIpc) is 2.69. The minimum atomic E-state index is 0.350. The van der Waals surface area contributed by atoms with Gasteiger partial charge in [-0.1, -0.05) is 72.8 Å². The quantitative estimate of drug-likeness (QED) is 0.532. The SMILES string of the molecule is Cc1ccc(C)c(NC(=S)NCCC(c2ccccc2)c2ccccc2)c1. The molecule has 27 heavy (non-hydrogen) atoms. The molecular weight excluding hydrogens is 348 g/mol. The highest BCUT2D eigenvalue weighted by molar-refractivity contribution is 7.80. The van der Waals surface area contributed by atoms with Gasteiger partial charge in [0.1, 0.15) is 0 Å². The second kappa shape index (κ2) is 9.33. The van der Waals surface area contributed by atoms with E-state index in [1.165, 1.54) is 22.3 Å². The lowest BCUT2D eigenvalue weighted by atomic mass is 9.88. The van der Waals surface area contributed by atoms with Crippen molar-refractivity contribution < 1.29 is 0 Å². The lowest BCUT2D eigenvalue weighted by Crippen LogP contribution is -2.30. The Kier molecular flexibility index (Phi) is 6.61. The summed E-state index contributed by atoms with van der Waals surface area (Å²) in [5.74, 6) is 0.350. The van der Waals surface area contributed by atoms with Crippen LogP contribution in [-0.4, -0.2) is 11.7 Å². The molecule has 0 radical (unpaired) electrons. The minimum Gasteiger partial charge on any atom is -0.362 e. The predicted octanol–water partition coefficient (Wildman–Crippen LogP) is 5.81. The van der Waals surface area contributed by atoms with Gasteiger partial charge in [-0.25, -0.2) is 0 Å². The highest BCUT2D eigenvalue weighted by Crippen LogP contribution is 2.27. The van der Waals surface area contributed by atoms with E-state index in [-0.39, 0.29) is 0 Å². The maximum Gasteiger partial charge on any atom is 0.170 e. The van der Waals surface area contributed by atoms with Crippen LogP contribution in [0.15, 0.2) is 78.9 Å². The number of hydrogen-bond acceptors (Lipinski definition) is 1. The zero-order chi connectivity index (χ0) is 19.1. The van der Waals surface area contributed by atoms with Crippen molar-refractivity contribution in [3.8, 4) is 0 Å². The topological polar surface area (TPSA) is 24.1 Å². The van der Waals surface area contributed by atoms with E-state index in [1.54, 1.807) is 0 Å². The summed E-state index contributed by atoms with van der Waals surface area (Å²) in [7, 11) is 0. The van der Waals surface area contributed by atoms with Crippen molar-refractivity contribution in [1.29, 1.82) is 0 Å². The fourth-order valence-electron chi connectivity index (χ4n) is 3.26. The number of hydrogen-bond donors (Lipinski definition) is 2. The van der Waals surface area contributed by atoms with Crippen molar-refractivity contribution in [2.75, 3.05) is 11.9 Å². The van der Waals surface area contributed by atoms with Gasteiger partial charge in [-0.05, 0) is 60.8 Å². The van der Waals surface area contributed by atoms with E-state index in [0.29, 0.717) is 11.0 Å². The summed E-state index contributed by atoms with van der Waals surface area (Å²) in [4.78, 5) is 0. The lowest BCUT2D eigenvalue weighted by molar-refractivity contribution is 0.694. The van der Waals surface area contributed by atoms with E-state index in [9.17, 15) is 0 Å². The monoisotopic (exact) mass is 374 g/mol. The van der Waals surface area contributed by atoms with Crippen LogP contribution in [0.1, 0.15) is 34.6 Å². The number of rotatable bonds is 6. The number of nitrogens with one attached hydrogen (secondary N) is 2. The fourth-order valence-corrected chi connectivity index (χ4v) is 3.48. The molecule has 3 aromatic rings. The molecule has 0 aliphatic heterocycles. The molecule has 138 valence electrons.